The average Bonchev–Trinajstić information content (AvgIpc) is 3.50. The highest BCUT2D eigenvalue weighted by Gasteiger charge is 2.10. The van der Waals surface area contributed by atoms with E-state index in [1.54, 1.807) is 43.3 Å². The zero-order chi connectivity index (χ0) is 23.0. The number of nitrogens with one attached hydrogen (secondary N) is 1. The van der Waals surface area contributed by atoms with Crippen LogP contribution >= 0.6 is 0 Å². The molecule has 0 aliphatic heterocycles. The molecule has 4 aromatic rings. The van der Waals surface area contributed by atoms with Crippen molar-refractivity contribution < 1.29 is 18.7 Å². The summed E-state index contributed by atoms with van der Waals surface area (Å²) in [5.41, 5.74) is 4.47. The van der Waals surface area contributed by atoms with Gasteiger partial charge in [0.2, 0.25) is 5.82 Å². The van der Waals surface area contributed by atoms with Gasteiger partial charge in [0.15, 0.2) is 0 Å². The molecule has 2 aromatic carbocycles. The Bertz CT molecular complexity index is 1260. The number of hydrogen-bond acceptors (Lipinski definition) is 8. The van der Waals surface area contributed by atoms with Gasteiger partial charge in [-0.2, -0.15) is 9.90 Å². The summed E-state index contributed by atoms with van der Waals surface area (Å²) in [5, 5.41) is 15.9. The van der Waals surface area contributed by atoms with Crippen molar-refractivity contribution in [2.75, 3.05) is 6.61 Å². The molecular weight excluding hydrogens is 424 g/mol. The van der Waals surface area contributed by atoms with Crippen LogP contribution in [0.3, 0.4) is 0 Å². The molecule has 0 saturated heterocycles. The number of rotatable bonds is 8. The van der Waals surface area contributed by atoms with Gasteiger partial charge in [-0.05, 0) is 36.4 Å². The predicted octanol–water partition coefficient (Wildman–Crippen LogP) is 2.93. The van der Waals surface area contributed by atoms with Crippen molar-refractivity contribution in [2.45, 2.75) is 13.5 Å². The van der Waals surface area contributed by atoms with Crippen molar-refractivity contribution in [3.05, 3.63) is 78.1 Å². The molecule has 0 fully saturated rings. The van der Waals surface area contributed by atoms with Gasteiger partial charge in [-0.1, -0.05) is 42.5 Å². The molecule has 10 heteroatoms. The van der Waals surface area contributed by atoms with Crippen LogP contribution in [-0.2, 0) is 16.1 Å². The van der Waals surface area contributed by atoms with Crippen molar-refractivity contribution in [3.8, 4) is 22.7 Å². The second kappa shape index (κ2) is 10.1. The first kappa shape index (κ1) is 21.6. The van der Waals surface area contributed by atoms with E-state index in [2.05, 4.69) is 25.9 Å². The maximum atomic E-state index is 12.1. The van der Waals surface area contributed by atoms with Crippen LogP contribution in [-0.4, -0.2) is 44.9 Å². The Hall–Kier alpha value is -4.60. The number of carbonyl (C=O) groups is 2. The molecule has 10 nitrogen and oxygen atoms in total. The highest BCUT2D eigenvalue weighted by molar-refractivity contribution is 5.90. The number of aromatic nitrogens is 4. The lowest BCUT2D eigenvalue weighted by molar-refractivity contribution is -0.122. The van der Waals surface area contributed by atoms with E-state index in [-0.39, 0.29) is 12.5 Å². The summed E-state index contributed by atoms with van der Waals surface area (Å²) >= 11 is 0. The van der Waals surface area contributed by atoms with Gasteiger partial charge in [-0.3, -0.25) is 4.79 Å². The fourth-order valence-corrected chi connectivity index (χ4v) is 2.91. The fourth-order valence-electron chi connectivity index (χ4n) is 2.91. The van der Waals surface area contributed by atoms with Crippen LogP contribution in [0.15, 0.2) is 76.2 Å². The fraction of sp³-hybridized carbons (Fsp3) is 0.130. The van der Waals surface area contributed by atoms with Gasteiger partial charge in [0, 0.05) is 11.1 Å². The summed E-state index contributed by atoms with van der Waals surface area (Å²) in [6, 6.07) is 19.7. The summed E-state index contributed by atoms with van der Waals surface area (Å²) in [7, 11) is 0. The van der Waals surface area contributed by atoms with Gasteiger partial charge >= 0.3 is 5.97 Å². The van der Waals surface area contributed by atoms with Crippen molar-refractivity contribution in [1.82, 2.24) is 25.6 Å². The number of benzene rings is 2. The smallest absolute Gasteiger partial charge is 0.338 e. The molecule has 2 heterocycles. The molecular formula is C23H20N6O4. The van der Waals surface area contributed by atoms with Gasteiger partial charge in [0.25, 0.3) is 5.91 Å². The van der Waals surface area contributed by atoms with Crippen molar-refractivity contribution in [2.24, 2.45) is 5.10 Å². The minimum atomic E-state index is -0.412. The first-order valence-corrected chi connectivity index (χ1v) is 10.1. The molecule has 0 spiro atoms. The Kier molecular flexibility index (Phi) is 6.64. The largest absolute Gasteiger partial charge is 0.462 e. The molecule has 0 aliphatic carbocycles. The molecule has 2 aromatic heterocycles. The number of hydrazone groups is 1. The Balaban J connectivity index is 1.31. The highest BCUT2D eigenvalue weighted by atomic mass is 16.5. The van der Waals surface area contributed by atoms with Gasteiger partial charge in [0.1, 0.15) is 18.1 Å². The molecule has 4 rings (SSSR count). The van der Waals surface area contributed by atoms with Crippen LogP contribution in [0.5, 0.6) is 0 Å². The third-order valence-corrected chi connectivity index (χ3v) is 4.46. The zero-order valence-electron chi connectivity index (χ0n) is 17.7. The lowest BCUT2D eigenvalue weighted by atomic mass is 10.1. The number of ether oxygens (including phenoxy) is 1. The number of esters is 1. The summed E-state index contributed by atoms with van der Waals surface area (Å²) in [4.78, 5) is 25.0. The number of furan rings is 1. The Labute approximate surface area is 188 Å². The molecule has 33 heavy (non-hydrogen) atoms. The van der Waals surface area contributed by atoms with Gasteiger partial charge in [-0.25, -0.2) is 10.2 Å². The van der Waals surface area contributed by atoms with E-state index < -0.39 is 5.91 Å². The maximum Gasteiger partial charge on any atom is 0.338 e. The van der Waals surface area contributed by atoms with Crippen LogP contribution in [0, 0.1) is 0 Å². The normalized spacial score (nSPS) is 10.9. The van der Waals surface area contributed by atoms with Crippen molar-refractivity contribution in [3.63, 3.8) is 0 Å². The second-order valence-corrected chi connectivity index (χ2v) is 6.80. The number of tetrazole rings is 1. The predicted molar refractivity (Wildman–Crippen MR) is 119 cm³/mol. The van der Waals surface area contributed by atoms with Crippen LogP contribution in [0.1, 0.15) is 23.0 Å². The minimum absolute atomic E-state index is 0.132. The number of carbonyl (C=O) groups excluding carboxylic acids is 2. The average molecular weight is 444 g/mol. The summed E-state index contributed by atoms with van der Waals surface area (Å²) in [5.74, 6) is 0.697. The quantitative estimate of drug-likeness (QED) is 0.252. The van der Waals surface area contributed by atoms with E-state index >= 15 is 0 Å². The highest BCUT2D eigenvalue weighted by Crippen LogP contribution is 2.22. The Morgan fingerprint density at radius 1 is 1.06 bits per heavy atom. The molecule has 1 N–H and O–H groups in total. The van der Waals surface area contributed by atoms with Crippen LogP contribution < -0.4 is 5.43 Å². The summed E-state index contributed by atoms with van der Waals surface area (Å²) < 4.78 is 10.7. The Morgan fingerprint density at radius 2 is 1.85 bits per heavy atom. The standard InChI is InChI=1S/C23H20N6O4/c1-2-32-23(31)18-10-8-16(9-11-18)20-13-12-19(33-20)14-24-25-21(30)15-29-27-22(26-28-29)17-6-4-3-5-7-17/h3-14H,2,15H2,1H3,(H,25,30)/b24-14+. The maximum absolute atomic E-state index is 12.1. The van der Waals surface area contributed by atoms with E-state index in [0.717, 1.165) is 11.1 Å². The van der Waals surface area contributed by atoms with Crippen LogP contribution in [0.4, 0.5) is 0 Å². The lowest BCUT2D eigenvalue weighted by Gasteiger charge is -2.02. The molecule has 166 valence electrons. The third kappa shape index (κ3) is 5.56. The first-order valence-electron chi connectivity index (χ1n) is 10.1. The molecule has 0 radical (unpaired) electrons. The van der Waals surface area contributed by atoms with E-state index in [1.807, 2.05) is 30.3 Å². The second-order valence-electron chi connectivity index (χ2n) is 6.80. The minimum Gasteiger partial charge on any atom is -0.462 e. The van der Waals surface area contributed by atoms with E-state index in [0.29, 0.717) is 29.5 Å². The molecule has 0 bridgehead atoms. The van der Waals surface area contributed by atoms with E-state index in [1.165, 1.54) is 11.0 Å². The molecule has 0 unspecified atom stereocenters. The molecule has 1 amide bonds. The monoisotopic (exact) mass is 444 g/mol. The van der Waals surface area contributed by atoms with Crippen LogP contribution in [0.2, 0.25) is 0 Å². The van der Waals surface area contributed by atoms with E-state index in [9.17, 15) is 9.59 Å². The first-order chi connectivity index (χ1) is 16.1. The Morgan fingerprint density at radius 3 is 2.61 bits per heavy atom. The molecule has 0 atom stereocenters. The molecule has 0 saturated carbocycles. The van der Waals surface area contributed by atoms with Gasteiger partial charge in [0.05, 0.1) is 18.4 Å². The molecule has 0 aliphatic rings. The van der Waals surface area contributed by atoms with Crippen molar-refractivity contribution >= 4 is 18.1 Å². The summed E-state index contributed by atoms with van der Waals surface area (Å²) in [6.07, 6.45) is 1.39. The third-order valence-electron chi connectivity index (χ3n) is 4.46. The van der Waals surface area contributed by atoms with Crippen molar-refractivity contribution in [1.29, 1.82) is 0 Å². The topological polar surface area (TPSA) is 124 Å². The zero-order valence-corrected chi connectivity index (χ0v) is 17.7. The number of amides is 1. The van der Waals surface area contributed by atoms with Crippen LogP contribution in [0.25, 0.3) is 22.7 Å². The summed E-state index contributed by atoms with van der Waals surface area (Å²) in [6.45, 7) is 1.95. The SMILES string of the molecule is CCOC(=O)c1ccc(-c2ccc(/C=N/NC(=O)Cn3nnc(-c4ccccc4)n3)o2)cc1. The van der Waals surface area contributed by atoms with Gasteiger partial charge < -0.3 is 9.15 Å². The van der Waals surface area contributed by atoms with Gasteiger partial charge in [-0.15, -0.1) is 10.2 Å². The van der Waals surface area contributed by atoms with E-state index in [4.69, 9.17) is 9.15 Å². The number of hydrogen-bond donors (Lipinski definition) is 1. The number of nitrogens with zero attached hydrogens (tertiary/aromatic N) is 5. The lowest BCUT2D eigenvalue weighted by Crippen LogP contribution is -2.24.